The molecule has 0 aromatic carbocycles. The largest absolute Gasteiger partial charge is 0.348 e. The Bertz CT molecular complexity index is 666. The van der Waals surface area contributed by atoms with Gasteiger partial charge in [0.25, 0.3) is 15.9 Å². The van der Waals surface area contributed by atoms with Crippen molar-refractivity contribution >= 4 is 21.8 Å². The van der Waals surface area contributed by atoms with Crippen LogP contribution in [-0.2, 0) is 14.8 Å². The molecule has 120 valence electrons. The number of fused-ring (bicyclic) bond motifs is 1. The van der Waals surface area contributed by atoms with Crippen molar-refractivity contribution in [3.63, 3.8) is 0 Å². The lowest BCUT2D eigenvalue weighted by atomic mass is 9.99. The summed E-state index contributed by atoms with van der Waals surface area (Å²) >= 11 is 0. The van der Waals surface area contributed by atoms with Crippen LogP contribution < -0.4 is 10.6 Å². The van der Waals surface area contributed by atoms with Gasteiger partial charge in [0, 0.05) is 24.8 Å². The van der Waals surface area contributed by atoms with Crippen molar-refractivity contribution in [2.45, 2.75) is 31.8 Å². The molecule has 22 heavy (non-hydrogen) atoms. The predicted octanol–water partition coefficient (Wildman–Crippen LogP) is -0.259. The average molecular weight is 324 g/mol. The minimum Gasteiger partial charge on any atom is -0.348 e. The van der Waals surface area contributed by atoms with Crippen LogP contribution >= 0.6 is 0 Å². The molecule has 2 N–H and O–H groups in total. The van der Waals surface area contributed by atoms with Crippen LogP contribution in [0.25, 0.3) is 0 Å². The minimum atomic E-state index is -3.48. The van der Waals surface area contributed by atoms with E-state index in [1.165, 1.54) is 0 Å². The number of rotatable bonds is 2. The Labute approximate surface area is 130 Å². The van der Waals surface area contributed by atoms with Gasteiger partial charge >= 0.3 is 0 Å². The maximum atomic E-state index is 12.5. The maximum absolute atomic E-state index is 12.5. The van der Waals surface area contributed by atoms with Gasteiger partial charge in [0.15, 0.2) is 5.84 Å². The van der Waals surface area contributed by atoms with Crippen LogP contribution in [-0.4, -0.2) is 56.0 Å². The van der Waals surface area contributed by atoms with Gasteiger partial charge in [0.05, 0.1) is 11.3 Å². The van der Waals surface area contributed by atoms with Crippen molar-refractivity contribution in [2.24, 2.45) is 4.40 Å². The number of nitrogens with one attached hydrogen (secondary N) is 2. The normalized spacial score (nSPS) is 30.1. The molecule has 7 nitrogen and oxygen atoms in total. The molecule has 3 aliphatic heterocycles. The Balaban J connectivity index is 1.80. The highest BCUT2D eigenvalue weighted by atomic mass is 32.2. The van der Waals surface area contributed by atoms with E-state index >= 15 is 0 Å². The third kappa shape index (κ3) is 3.07. The summed E-state index contributed by atoms with van der Waals surface area (Å²) in [6, 6.07) is 0.243. The van der Waals surface area contributed by atoms with Gasteiger partial charge in [0.1, 0.15) is 0 Å². The first-order valence-corrected chi connectivity index (χ1v) is 9.09. The van der Waals surface area contributed by atoms with E-state index in [0.29, 0.717) is 12.1 Å². The zero-order valence-corrected chi connectivity index (χ0v) is 13.3. The zero-order valence-electron chi connectivity index (χ0n) is 12.4. The number of piperidine rings is 1. The zero-order chi connectivity index (χ0) is 15.7. The van der Waals surface area contributed by atoms with Crippen molar-refractivity contribution in [3.05, 3.63) is 23.9 Å². The second-order valence-corrected chi connectivity index (χ2v) is 7.54. The fourth-order valence-electron chi connectivity index (χ4n) is 2.88. The summed E-state index contributed by atoms with van der Waals surface area (Å²) in [7, 11) is -3.48. The number of amidine groups is 1. The monoisotopic (exact) mass is 324 g/mol. The van der Waals surface area contributed by atoms with Crippen LogP contribution in [0.1, 0.15) is 19.8 Å². The first-order chi connectivity index (χ1) is 10.5. The Hall–Kier alpha value is -1.67. The van der Waals surface area contributed by atoms with Gasteiger partial charge in [-0.2, -0.15) is 0 Å². The third-order valence-corrected chi connectivity index (χ3v) is 5.33. The van der Waals surface area contributed by atoms with Crippen molar-refractivity contribution < 1.29 is 13.2 Å². The highest BCUT2D eigenvalue weighted by Gasteiger charge is 2.31. The van der Waals surface area contributed by atoms with Crippen molar-refractivity contribution in [3.8, 4) is 0 Å². The van der Waals surface area contributed by atoms with Gasteiger partial charge in [-0.25, -0.2) is 8.42 Å². The van der Waals surface area contributed by atoms with E-state index < -0.39 is 10.0 Å². The molecule has 3 aliphatic rings. The van der Waals surface area contributed by atoms with Gasteiger partial charge in [0.2, 0.25) is 0 Å². The molecular weight excluding hydrogens is 304 g/mol. The smallest absolute Gasteiger partial charge is 0.256 e. The number of allylic oxidation sites excluding steroid dienone is 2. The molecule has 0 aromatic rings. The van der Waals surface area contributed by atoms with E-state index in [9.17, 15) is 13.2 Å². The average Bonchev–Trinajstić information content (AvgIpc) is 2.48. The quantitative estimate of drug-likeness (QED) is 0.730. The number of carbonyl (C=O) groups is 1. The molecule has 8 heteroatoms. The lowest BCUT2D eigenvalue weighted by Gasteiger charge is -2.32. The van der Waals surface area contributed by atoms with Crippen LogP contribution in [0.15, 0.2) is 28.3 Å². The second kappa shape index (κ2) is 5.85. The fourth-order valence-corrected chi connectivity index (χ4v) is 3.87. The lowest BCUT2D eigenvalue weighted by Crippen LogP contribution is -2.53. The highest BCUT2D eigenvalue weighted by molar-refractivity contribution is 7.90. The minimum absolute atomic E-state index is 0.0285. The molecule has 1 saturated heterocycles. The standard InChI is InChI=1S/C14H20N4O3S/c1-10-12(5-2-6-15-10)16-14(19)11-4-3-7-18-8-9-22(20,21)17-13(11)18/h3-4,7,10,12,15H,2,5-6,8-9H2,1H3,(H,16,19). The van der Waals surface area contributed by atoms with Gasteiger partial charge in [-0.3, -0.25) is 4.79 Å². The first-order valence-electron chi connectivity index (χ1n) is 7.49. The number of hydrogen-bond donors (Lipinski definition) is 2. The number of carbonyl (C=O) groups excluding carboxylic acids is 1. The summed E-state index contributed by atoms with van der Waals surface area (Å²) in [5.41, 5.74) is 0.309. The van der Waals surface area contributed by atoms with E-state index in [1.54, 1.807) is 23.3 Å². The molecule has 2 atom stereocenters. The second-order valence-electron chi connectivity index (χ2n) is 5.78. The number of amides is 1. The summed E-state index contributed by atoms with van der Waals surface area (Å²) in [5.74, 6) is -0.0762. The molecule has 3 heterocycles. The van der Waals surface area contributed by atoms with E-state index in [4.69, 9.17) is 0 Å². The molecule has 0 aromatic heterocycles. The summed E-state index contributed by atoms with van der Waals surface area (Å²) < 4.78 is 27.2. The Morgan fingerprint density at radius 3 is 3.09 bits per heavy atom. The van der Waals surface area contributed by atoms with Crippen LogP contribution in [0.4, 0.5) is 0 Å². The van der Waals surface area contributed by atoms with E-state index in [1.807, 2.05) is 6.92 Å². The maximum Gasteiger partial charge on any atom is 0.256 e. The topological polar surface area (TPSA) is 90.9 Å². The molecule has 0 saturated carbocycles. The summed E-state index contributed by atoms with van der Waals surface area (Å²) in [4.78, 5) is 14.2. The third-order valence-electron chi connectivity index (χ3n) is 4.18. The summed E-state index contributed by atoms with van der Waals surface area (Å²) in [6.45, 7) is 3.32. The molecule has 1 amide bonds. The Kier molecular flexibility index (Phi) is 4.05. The van der Waals surface area contributed by atoms with E-state index in [0.717, 1.165) is 19.4 Å². The van der Waals surface area contributed by atoms with Gasteiger partial charge in [-0.1, -0.05) is 0 Å². The van der Waals surface area contributed by atoms with Gasteiger partial charge < -0.3 is 15.5 Å². The van der Waals surface area contributed by atoms with Crippen LogP contribution in [0.2, 0.25) is 0 Å². The molecule has 0 radical (unpaired) electrons. The summed E-state index contributed by atoms with van der Waals surface area (Å²) in [5, 5.41) is 6.32. The van der Waals surface area contributed by atoms with Crippen molar-refractivity contribution in [2.75, 3.05) is 18.8 Å². The Morgan fingerprint density at radius 2 is 2.32 bits per heavy atom. The molecule has 2 unspecified atom stereocenters. The lowest BCUT2D eigenvalue weighted by molar-refractivity contribution is -0.118. The molecule has 1 fully saturated rings. The van der Waals surface area contributed by atoms with E-state index in [-0.39, 0.29) is 29.6 Å². The van der Waals surface area contributed by atoms with Crippen molar-refractivity contribution in [1.82, 2.24) is 15.5 Å². The first kappa shape index (κ1) is 15.2. The molecular formula is C14H20N4O3S. The van der Waals surface area contributed by atoms with Gasteiger partial charge in [-0.15, -0.1) is 4.40 Å². The molecule has 3 rings (SSSR count). The van der Waals surface area contributed by atoms with Gasteiger partial charge in [-0.05, 0) is 38.5 Å². The van der Waals surface area contributed by atoms with Crippen molar-refractivity contribution in [1.29, 1.82) is 0 Å². The van der Waals surface area contributed by atoms with Crippen LogP contribution in [0.3, 0.4) is 0 Å². The van der Waals surface area contributed by atoms with Crippen LogP contribution in [0, 0.1) is 0 Å². The molecule has 0 bridgehead atoms. The Morgan fingerprint density at radius 1 is 1.50 bits per heavy atom. The predicted molar refractivity (Wildman–Crippen MR) is 83.8 cm³/mol. The molecule has 0 aliphatic carbocycles. The van der Waals surface area contributed by atoms with Crippen LogP contribution in [0.5, 0.6) is 0 Å². The molecule has 0 spiro atoms. The fraction of sp³-hybridized carbons (Fsp3) is 0.571. The number of sulfonamides is 1. The number of nitrogens with zero attached hydrogens (tertiary/aromatic N) is 2. The SMILES string of the molecule is CC1NCCCC1NC(=O)C1=CC=CN2CCS(=O)(=O)N=C12. The highest BCUT2D eigenvalue weighted by Crippen LogP contribution is 2.18. The van der Waals surface area contributed by atoms with E-state index in [2.05, 4.69) is 15.0 Å². The number of hydrogen-bond acceptors (Lipinski definition) is 5. The summed E-state index contributed by atoms with van der Waals surface area (Å²) in [6.07, 6.45) is 7.03.